The van der Waals surface area contributed by atoms with E-state index in [0.29, 0.717) is 0 Å². The van der Waals surface area contributed by atoms with Crippen molar-refractivity contribution in [3.05, 3.63) is 65.7 Å². The Morgan fingerprint density at radius 1 is 1.00 bits per heavy atom. The van der Waals surface area contributed by atoms with E-state index in [9.17, 15) is 5.11 Å². The van der Waals surface area contributed by atoms with Gasteiger partial charge in [-0.15, -0.1) is 0 Å². The van der Waals surface area contributed by atoms with E-state index in [1.165, 1.54) is 5.56 Å². The zero-order valence-corrected chi connectivity index (χ0v) is 16.2. The standard InChI is InChI=1S/C23H31NO3/c1-2-3-15-27-21-11-9-20(10-12-21)23(25)22(19-7-5-4-6-8-19)18-24-13-16-26-17-14-24/h4-12,22-23,25H,2-3,13-18H2,1H3/t22-,23-/m0/s1. The third-order valence-corrected chi connectivity index (χ3v) is 5.16. The van der Waals surface area contributed by atoms with Crippen molar-refractivity contribution in [3.63, 3.8) is 0 Å². The molecule has 0 aromatic heterocycles. The van der Waals surface area contributed by atoms with E-state index in [0.717, 1.165) is 63.6 Å². The van der Waals surface area contributed by atoms with Crippen molar-refractivity contribution in [3.8, 4) is 5.75 Å². The molecule has 1 saturated heterocycles. The van der Waals surface area contributed by atoms with Crippen LogP contribution in [0.4, 0.5) is 0 Å². The van der Waals surface area contributed by atoms with E-state index >= 15 is 0 Å². The smallest absolute Gasteiger partial charge is 0.119 e. The van der Waals surface area contributed by atoms with Crippen molar-refractivity contribution in [1.82, 2.24) is 4.90 Å². The first-order chi connectivity index (χ1) is 13.3. The van der Waals surface area contributed by atoms with Crippen LogP contribution in [0.1, 0.15) is 42.9 Å². The molecule has 27 heavy (non-hydrogen) atoms. The molecular weight excluding hydrogens is 338 g/mol. The van der Waals surface area contributed by atoms with Crippen molar-refractivity contribution >= 4 is 0 Å². The predicted molar refractivity (Wildman–Crippen MR) is 108 cm³/mol. The number of unbranched alkanes of at least 4 members (excludes halogenated alkanes) is 1. The molecule has 1 heterocycles. The average molecular weight is 370 g/mol. The summed E-state index contributed by atoms with van der Waals surface area (Å²) in [6, 6.07) is 18.2. The topological polar surface area (TPSA) is 41.9 Å². The summed E-state index contributed by atoms with van der Waals surface area (Å²) < 4.78 is 11.2. The minimum Gasteiger partial charge on any atom is -0.494 e. The van der Waals surface area contributed by atoms with Crippen molar-refractivity contribution in [2.75, 3.05) is 39.5 Å². The predicted octanol–water partition coefficient (Wildman–Crippen LogP) is 4.01. The van der Waals surface area contributed by atoms with Gasteiger partial charge >= 0.3 is 0 Å². The van der Waals surface area contributed by atoms with Gasteiger partial charge < -0.3 is 14.6 Å². The van der Waals surface area contributed by atoms with E-state index in [1.807, 2.05) is 42.5 Å². The van der Waals surface area contributed by atoms with E-state index in [-0.39, 0.29) is 5.92 Å². The number of nitrogens with zero attached hydrogens (tertiary/aromatic N) is 1. The highest BCUT2D eigenvalue weighted by Crippen LogP contribution is 2.32. The number of aliphatic hydroxyl groups is 1. The van der Waals surface area contributed by atoms with Crippen LogP contribution in [0, 0.1) is 0 Å². The molecule has 0 bridgehead atoms. The number of rotatable bonds is 9. The number of hydrogen-bond acceptors (Lipinski definition) is 4. The van der Waals surface area contributed by atoms with Crippen LogP contribution in [0.5, 0.6) is 5.75 Å². The molecule has 0 radical (unpaired) electrons. The van der Waals surface area contributed by atoms with Crippen LogP contribution < -0.4 is 4.74 Å². The van der Waals surface area contributed by atoms with Crippen molar-refractivity contribution in [1.29, 1.82) is 0 Å². The fourth-order valence-electron chi connectivity index (χ4n) is 3.48. The molecule has 1 N–H and O–H groups in total. The molecule has 0 saturated carbocycles. The lowest BCUT2D eigenvalue weighted by Crippen LogP contribution is -2.39. The van der Waals surface area contributed by atoms with Crippen LogP contribution in [0.2, 0.25) is 0 Å². The number of hydrogen-bond donors (Lipinski definition) is 1. The zero-order chi connectivity index (χ0) is 18.9. The third kappa shape index (κ3) is 5.80. The first kappa shape index (κ1) is 19.9. The van der Waals surface area contributed by atoms with Crippen molar-refractivity contribution < 1.29 is 14.6 Å². The normalized spacial score (nSPS) is 17.4. The maximum atomic E-state index is 11.2. The van der Waals surface area contributed by atoms with Crippen LogP contribution >= 0.6 is 0 Å². The Kier molecular flexibility index (Phi) is 7.69. The maximum Gasteiger partial charge on any atom is 0.119 e. The Hall–Kier alpha value is -1.88. The van der Waals surface area contributed by atoms with Crippen LogP contribution in [-0.4, -0.2) is 49.5 Å². The number of aliphatic hydroxyl groups excluding tert-OH is 1. The Balaban J connectivity index is 1.72. The molecule has 0 spiro atoms. The van der Waals surface area contributed by atoms with Crippen LogP contribution in [-0.2, 0) is 4.74 Å². The lowest BCUT2D eigenvalue weighted by atomic mass is 9.88. The van der Waals surface area contributed by atoms with Gasteiger partial charge in [-0.2, -0.15) is 0 Å². The molecule has 1 aliphatic heterocycles. The molecular formula is C23H31NO3. The largest absolute Gasteiger partial charge is 0.494 e. The lowest BCUT2D eigenvalue weighted by molar-refractivity contribution is 0.0240. The number of ether oxygens (including phenoxy) is 2. The van der Waals surface area contributed by atoms with Gasteiger partial charge in [0.05, 0.1) is 25.9 Å². The minimum absolute atomic E-state index is 0.0242. The number of morpholine rings is 1. The fraction of sp³-hybridized carbons (Fsp3) is 0.478. The summed E-state index contributed by atoms with van der Waals surface area (Å²) in [5, 5.41) is 11.2. The van der Waals surface area contributed by atoms with Crippen LogP contribution in [0.3, 0.4) is 0 Å². The van der Waals surface area contributed by atoms with Crippen molar-refractivity contribution in [2.45, 2.75) is 31.8 Å². The Labute approximate surface area is 162 Å². The summed E-state index contributed by atoms with van der Waals surface area (Å²) in [4.78, 5) is 2.38. The van der Waals surface area contributed by atoms with Gasteiger partial charge in [0.25, 0.3) is 0 Å². The van der Waals surface area contributed by atoms with Crippen molar-refractivity contribution in [2.24, 2.45) is 0 Å². The molecule has 146 valence electrons. The highest BCUT2D eigenvalue weighted by atomic mass is 16.5. The second-order valence-electron chi connectivity index (χ2n) is 7.15. The third-order valence-electron chi connectivity index (χ3n) is 5.16. The van der Waals surface area contributed by atoms with E-state index in [4.69, 9.17) is 9.47 Å². The minimum atomic E-state index is -0.556. The van der Waals surface area contributed by atoms with Gasteiger partial charge in [0.1, 0.15) is 5.75 Å². The quantitative estimate of drug-likeness (QED) is 0.678. The highest BCUT2D eigenvalue weighted by molar-refractivity contribution is 5.32. The Morgan fingerprint density at radius 2 is 1.70 bits per heavy atom. The molecule has 1 aliphatic rings. The molecule has 0 amide bonds. The molecule has 4 heteroatoms. The molecule has 0 unspecified atom stereocenters. The molecule has 2 atom stereocenters. The molecule has 2 aromatic carbocycles. The van der Waals surface area contributed by atoms with Gasteiger partial charge in [-0.3, -0.25) is 4.90 Å². The second-order valence-corrected chi connectivity index (χ2v) is 7.15. The van der Waals surface area contributed by atoms with Crippen LogP contribution in [0.15, 0.2) is 54.6 Å². The maximum absolute atomic E-state index is 11.2. The molecule has 3 rings (SSSR count). The van der Waals surface area contributed by atoms with E-state index in [2.05, 4.69) is 24.0 Å². The monoisotopic (exact) mass is 369 g/mol. The first-order valence-electron chi connectivity index (χ1n) is 10.0. The van der Waals surface area contributed by atoms with Gasteiger partial charge in [0, 0.05) is 25.6 Å². The van der Waals surface area contributed by atoms with E-state index < -0.39 is 6.10 Å². The van der Waals surface area contributed by atoms with Gasteiger partial charge in [0.2, 0.25) is 0 Å². The van der Waals surface area contributed by atoms with Gasteiger partial charge in [-0.05, 0) is 29.7 Å². The summed E-state index contributed by atoms with van der Waals surface area (Å²) in [7, 11) is 0. The number of benzene rings is 2. The Bertz CT molecular complexity index is 653. The molecule has 1 fully saturated rings. The van der Waals surface area contributed by atoms with Crippen LogP contribution in [0.25, 0.3) is 0 Å². The zero-order valence-electron chi connectivity index (χ0n) is 16.2. The van der Waals surface area contributed by atoms with Gasteiger partial charge in [-0.1, -0.05) is 55.8 Å². The summed E-state index contributed by atoms with van der Waals surface area (Å²) >= 11 is 0. The average Bonchev–Trinajstić information content (AvgIpc) is 2.74. The molecule has 4 nitrogen and oxygen atoms in total. The summed E-state index contributed by atoms with van der Waals surface area (Å²) in [5.74, 6) is 0.889. The van der Waals surface area contributed by atoms with Gasteiger partial charge in [0.15, 0.2) is 0 Å². The molecule has 0 aliphatic carbocycles. The lowest BCUT2D eigenvalue weighted by Gasteiger charge is -2.33. The fourth-order valence-corrected chi connectivity index (χ4v) is 3.48. The highest BCUT2D eigenvalue weighted by Gasteiger charge is 2.26. The summed E-state index contributed by atoms with van der Waals surface area (Å²) in [5.41, 5.74) is 2.10. The summed E-state index contributed by atoms with van der Waals surface area (Å²) in [6.45, 7) is 7.08. The summed E-state index contributed by atoms with van der Waals surface area (Å²) in [6.07, 6.45) is 1.62. The SMILES string of the molecule is CCCCOc1ccc([C@H](O)[C@@H](CN2CCOCC2)c2ccccc2)cc1. The molecule has 2 aromatic rings. The van der Waals surface area contributed by atoms with E-state index in [1.54, 1.807) is 0 Å². The first-order valence-corrected chi connectivity index (χ1v) is 10.0. The second kappa shape index (κ2) is 10.5. The Morgan fingerprint density at radius 3 is 2.37 bits per heavy atom. The van der Waals surface area contributed by atoms with Gasteiger partial charge in [-0.25, -0.2) is 0 Å².